The third-order valence-electron chi connectivity index (χ3n) is 4.22. The first-order valence-corrected chi connectivity index (χ1v) is 6.78. The van der Waals surface area contributed by atoms with Gasteiger partial charge in [0, 0.05) is 12.0 Å². The van der Waals surface area contributed by atoms with Crippen LogP contribution in [-0.4, -0.2) is 48.1 Å². The van der Waals surface area contributed by atoms with Gasteiger partial charge < -0.3 is 15.3 Å². The number of hydrogen-bond donors (Lipinski definition) is 2. The topological polar surface area (TPSA) is 69.6 Å². The molecule has 0 aromatic heterocycles. The van der Waals surface area contributed by atoms with Gasteiger partial charge in [0.25, 0.3) is 0 Å². The van der Waals surface area contributed by atoms with E-state index in [0.717, 1.165) is 32.4 Å². The standard InChI is InChI=1S/C13H22N2O3/c1-15-6-4-11(5-7-15)14-12(16)9-2-3-10(8-9)13(17)18/h9-11H,2-8H2,1H3,(H,14,16)(H,17,18). The van der Waals surface area contributed by atoms with Gasteiger partial charge in [-0.05, 0) is 52.2 Å². The first-order chi connectivity index (χ1) is 8.56. The fourth-order valence-corrected chi connectivity index (χ4v) is 2.92. The fraction of sp³-hybridized carbons (Fsp3) is 0.846. The lowest BCUT2D eigenvalue weighted by Crippen LogP contribution is -2.45. The molecule has 2 fully saturated rings. The monoisotopic (exact) mass is 254 g/mol. The van der Waals surface area contributed by atoms with Gasteiger partial charge in [0.1, 0.15) is 0 Å². The van der Waals surface area contributed by atoms with E-state index in [-0.39, 0.29) is 23.8 Å². The van der Waals surface area contributed by atoms with E-state index in [0.29, 0.717) is 12.8 Å². The zero-order chi connectivity index (χ0) is 13.1. The van der Waals surface area contributed by atoms with Crippen molar-refractivity contribution in [2.75, 3.05) is 20.1 Å². The predicted octanol–water partition coefficient (Wildman–Crippen LogP) is 0.698. The van der Waals surface area contributed by atoms with Crippen molar-refractivity contribution in [3.8, 4) is 0 Å². The first kappa shape index (κ1) is 13.3. The minimum absolute atomic E-state index is 0.0632. The number of carboxylic acid groups (broad SMARTS) is 1. The summed E-state index contributed by atoms with van der Waals surface area (Å²) in [7, 11) is 2.09. The Kier molecular flexibility index (Phi) is 4.22. The number of carboxylic acids is 1. The number of nitrogens with one attached hydrogen (secondary N) is 1. The number of aliphatic carboxylic acids is 1. The van der Waals surface area contributed by atoms with Crippen LogP contribution in [0, 0.1) is 11.8 Å². The average molecular weight is 254 g/mol. The van der Waals surface area contributed by atoms with Crippen LogP contribution in [0.4, 0.5) is 0 Å². The zero-order valence-electron chi connectivity index (χ0n) is 10.9. The van der Waals surface area contributed by atoms with E-state index in [1.54, 1.807) is 0 Å². The lowest BCUT2D eigenvalue weighted by molar-refractivity contribution is -0.141. The van der Waals surface area contributed by atoms with Gasteiger partial charge in [-0.25, -0.2) is 0 Å². The van der Waals surface area contributed by atoms with E-state index in [1.165, 1.54) is 0 Å². The van der Waals surface area contributed by atoms with Gasteiger partial charge in [-0.1, -0.05) is 0 Å². The van der Waals surface area contributed by atoms with E-state index in [4.69, 9.17) is 5.11 Å². The molecule has 0 aromatic carbocycles. The predicted molar refractivity (Wildman–Crippen MR) is 67.1 cm³/mol. The van der Waals surface area contributed by atoms with Crippen LogP contribution >= 0.6 is 0 Å². The summed E-state index contributed by atoms with van der Waals surface area (Å²) >= 11 is 0. The van der Waals surface area contributed by atoms with Crippen LogP contribution in [0.25, 0.3) is 0 Å². The van der Waals surface area contributed by atoms with Gasteiger partial charge in [0.2, 0.25) is 5.91 Å². The molecule has 1 saturated heterocycles. The van der Waals surface area contributed by atoms with Crippen molar-refractivity contribution in [3.05, 3.63) is 0 Å². The Bertz CT molecular complexity index is 324. The molecule has 18 heavy (non-hydrogen) atoms. The van der Waals surface area contributed by atoms with Crippen LogP contribution in [0.15, 0.2) is 0 Å². The molecule has 1 saturated carbocycles. The van der Waals surface area contributed by atoms with Gasteiger partial charge in [-0.3, -0.25) is 9.59 Å². The smallest absolute Gasteiger partial charge is 0.306 e. The third kappa shape index (κ3) is 3.22. The molecular weight excluding hydrogens is 232 g/mol. The van der Waals surface area contributed by atoms with Gasteiger partial charge >= 0.3 is 5.97 Å². The summed E-state index contributed by atoms with van der Waals surface area (Å²) in [4.78, 5) is 25.2. The van der Waals surface area contributed by atoms with Gasteiger partial charge in [-0.15, -0.1) is 0 Å². The summed E-state index contributed by atoms with van der Waals surface area (Å²) in [6.45, 7) is 2.04. The molecule has 1 aliphatic carbocycles. The Morgan fingerprint density at radius 3 is 2.28 bits per heavy atom. The number of nitrogens with zero attached hydrogens (tertiary/aromatic N) is 1. The molecule has 2 unspecified atom stereocenters. The number of rotatable bonds is 3. The molecule has 2 atom stereocenters. The lowest BCUT2D eigenvalue weighted by Gasteiger charge is -2.30. The molecule has 0 bridgehead atoms. The van der Waals surface area contributed by atoms with Crippen LogP contribution < -0.4 is 5.32 Å². The molecule has 5 nitrogen and oxygen atoms in total. The van der Waals surface area contributed by atoms with Crippen LogP contribution in [0.2, 0.25) is 0 Å². The van der Waals surface area contributed by atoms with E-state index in [1.807, 2.05) is 0 Å². The quantitative estimate of drug-likeness (QED) is 0.778. The highest BCUT2D eigenvalue weighted by atomic mass is 16.4. The Morgan fingerprint density at radius 2 is 1.72 bits per heavy atom. The molecular formula is C13H22N2O3. The summed E-state index contributed by atoms with van der Waals surface area (Å²) in [5, 5.41) is 12.0. The van der Waals surface area contributed by atoms with Crippen molar-refractivity contribution in [1.29, 1.82) is 0 Å². The van der Waals surface area contributed by atoms with Crippen LogP contribution in [0.3, 0.4) is 0 Å². The van der Waals surface area contributed by atoms with E-state index in [2.05, 4.69) is 17.3 Å². The van der Waals surface area contributed by atoms with Crippen molar-refractivity contribution < 1.29 is 14.7 Å². The van der Waals surface area contributed by atoms with E-state index >= 15 is 0 Å². The van der Waals surface area contributed by atoms with Crippen molar-refractivity contribution in [1.82, 2.24) is 10.2 Å². The maximum atomic E-state index is 12.0. The maximum absolute atomic E-state index is 12.0. The van der Waals surface area contributed by atoms with Crippen molar-refractivity contribution in [3.63, 3.8) is 0 Å². The van der Waals surface area contributed by atoms with E-state index < -0.39 is 5.97 Å². The summed E-state index contributed by atoms with van der Waals surface area (Å²) in [6.07, 6.45) is 3.86. The summed E-state index contributed by atoms with van der Waals surface area (Å²) in [5.74, 6) is -1.11. The highest BCUT2D eigenvalue weighted by Gasteiger charge is 2.34. The summed E-state index contributed by atoms with van der Waals surface area (Å²) in [5.41, 5.74) is 0. The molecule has 1 heterocycles. The normalized spacial score (nSPS) is 30.3. The Labute approximate surface area is 108 Å². The SMILES string of the molecule is CN1CCC(NC(=O)C2CCC(C(=O)O)C2)CC1. The average Bonchev–Trinajstić information content (AvgIpc) is 2.81. The zero-order valence-corrected chi connectivity index (χ0v) is 10.9. The second kappa shape index (κ2) is 5.69. The van der Waals surface area contributed by atoms with Gasteiger partial charge in [-0.2, -0.15) is 0 Å². The van der Waals surface area contributed by atoms with Gasteiger partial charge in [0.05, 0.1) is 5.92 Å². The largest absolute Gasteiger partial charge is 0.481 e. The van der Waals surface area contributed by atoms with Crippen molar-refractivity contribution in [2.45, 2.75) is 38.1 Å². The second-order valence-electron chi connectivity index (χ2n) is 5.63. The van der Waals surface area contributed by atoms with Crippen LogP contribution in [0.1, 0.15) is 32.1 Å². The van der Waals surface area contributed by atoms with Crippen LogP contribution in [-0.2, 0) is 9.59 Å². The molecule has 2 aliphatic rings. The number of likely N-dealkylation sites (tertiary alicyclic amines) is 1. The van der Waals surface area contributed by atoms with Crippen LogP contribution in [0.5, 0.6) is 0 Å². The number of carbonyl (C=O) groups is 2. The molecule has 1 amide bonds. The third-order valence-corrected chi connectivity index (χ3v) is 4.22. The summed E-state index contributed by atoms with van der Waals surface area (Å²) < 4.78 is 0. The molecule has 0 radical (unpaired) electrons. The Balaban J connectivity index is 1.77. The molecule has 1 aliphatic heterocycles. The molecule has 0 spiro atoms. The molecule has 5 heteroatoms. The minimum Gasteiger partial charge on any atom is -0.481 e. The fourth-order valence-electron chi connectivity index (χ4n) is 2.92. The van der Waals surface area contributed by atoms with Crippen molar-refractivity contribution >= 4 is 11.9 Å². The molecule has 2 rings (SSSR count). The highest BCUT2D eigenvalue weighted by Crippen LogP contribution is 2.31. The Morgan fingerprint density at radius 1 is 1.11 bits per heavy atom. The van der Waals surface area contributed by atoms with E-state index in [9.17, 15) is 9.59 Å². The Hall–Kier alpha value is -1.10. The minimum atomic E-state index is -0.760. The van der Waals surface area contributed by atoms with Crippen molar-refractivity contribution in [2.24, 2.45) is 11.8 Å². The molecule has 102 valence electrons. The lowest BCUT2D eigenvalue weighted by atomic mass is 10.0. The number of carbonyl (C=O) groups excluding carboxylic acids is 1. The number of piperidine rings is 1. The number of hydrogen-bond acceptors (Lipinski definition) is 3. The molecule has 2 N–H and O–H groups in total. The molecule has 0 aromatic rings. The van der Waals surface area contributed by atoms with Gasteiger partial charge in [0.15, 0.2) is 0 Å². The first-order valence-electron chi connectivity index (χ1n) is 6.78. The second-order valence-corrected chi connectivity index (χ2v) is 5.63. The highest BCUT2D eigenvalue weighted by molar-refractivity contribution is 5.81. The summed E-state index contributed by atoms with van der Waals surface area (Å²) in [6, 6.07) is 0.276. The maximum Gasteiger partial charge on any atom is 0.306 e. The number of amides is 1.